The van der Waals surface area contributed by atoms with Gasteiger partial charge in [0.15, 0.2) is 5.76 Å². The van der Waals surface area contributed by atoms with Gasteiger partial charge in [-0.25, -0.2) is 13.1 Å². The molecule has 1 N–H and O–H groups in total. The summed E-state index contributed by atoms with van der Waals surface area (Å²) in [6.07, 6.45) is 2.19. The fourth-order valence-corrected chi connectivity index (χ4v) is 3.69. The largest absolute Gasteiger partial charge is 0.490 e. The molecule has 2 atom stereocenters. The second-order valence-corrected chi connectivity index (χ2v) is 8.07. The first kappa shape index (κ1) is 18.5. The molecule has 8 nitrogen and oxygen atoms in total. The Morgan fingerprint density at radius 3 is 2.58 bits per heavy atom. The van der Waals surface area contributed by atoms with Gasteiger partial charge in [0.2, 0.25) is 21.2 Å². The summed E-state index contributed by atoms with van der Waals surface area (Å²) in [5, 5.41) is 0. The van der Waals surface area contributed by atoms with Gasteiger partial charge in [-0.1, -0.05) is 13.8 Å². The van der Waals surface area contributed by atoms with E-state index in [4.69, 9.17) is 9.15 Å². The van der Waals surface area contributed by atoms with Crippen molar-refractivity contribution < 1.29 is 22.4 Å². The maximum Gasteiger partial charge on any atom is 0.289 e. The maximum absolute atomic E-state index is 12.6. The second-order valence-electron chi connectivity index (χ2n) is 6.29. The lowest BCUT2D eigenvalue weighted by molar-refractivity contribution is 0.0748. The summed E-state index contributed by atoms with van der Waals surface area (Å²) in [6, 6.07) is 0.719. The van der Waals surface area contributed by atoms with Crippen LogP contribution in [0.15, 0.2) is 21.5 Å². The fraction of sp³-hybridized carbons (Fsp3) is 0.600. The topological polar surface area (TPSA) is 106 Å². The van der Waals surface area contributed by atoms with Crippen LogP contribution in [-0.4, -0.2) is 51.7 Å². The Balaban J connectivity index is 2.21. The smallest absolute Gasteiger partial charge is 0.289 e. The molecule has 0 spiro atoms. The molecule has 0 aromatic carbocycles. The molecule has 1 aromatic rings. The van der Waals surface area contributed by atoms with Crippen molar-refractivity contribution in [2.24, 2.45) is 11.8 Å². The van der Waals surface area contributed by atoms with Gasteiger partial charge in [0.05, 0.1) is 13.4 Å². The van der Waals surface area contributed by atoms with E-state index < -0.39 is 21.4 Å². The molecule has 1 aliphatic rings. The lowest BCUT2D eigenvalue weighted by atomic mass is 9.92. The van der Waals surface area contributed by atoms with Crippen LogP contribution in [0.2, 0.25) is 0 Å². The minimum absolute atomic E-state index is 0.0182. The predicted molar refractivity (Wildman–Crippen MR) is 87.5 cm³/mol. The van der Waals surface area contributed by atoms with Crippen LogP contribution in [0, 0.1) is 11.8 Å². The van der Waals surface area contributed by atoms with Gasteiger partial charge in [0, 0.05) is 25.2 Å². The minimum Gasteiger partial charge on any atom is -0.490 e. The lowest BCUT2D eigenvalue weighted by Gasteiger charge is -2.21. The number of methoxy groups -OCH3 is 1. The second kappa shape index (κ2) is 6.94. The van der Waals surface area contributed by atoms with E-state index in [1.165, 1.54) is 12.0 Å². The van der Waals surface area contributed by atoms with Crippen molar-refractivity contribution in [3.8, 4) is 5.75 Å². The Hall–Kier alpha value is -1.87. The number of hydrogen-bond donors (Lipinski definition) is 1. The van der Waals surface area contributed by atoms with E-state index >= 15 is 0 Å². The number of nitrogens with one attached hydrogen (secondary N) is 1. The van der Waals surface area contributed by atoms with Crippen LogP contribution in [0.4, 0.5) is 0 Å². The summed E-state index contributed by atoms with van der Waals surface area (Å²) < 4.78 is 35.6. The van der Waals surface area contributed by atoms with Crippen molar-refractivity contribution in [2.75, 3.05) is 26.5 Å². The number of likely N-dealkylation sites (tertiary alicyclic amines) is 1. The Kier molecular flexibility index (Phi) is 5.34. The number of sulfonamides is 1. The van der Waals surface area contributed by atoms with E-state index in [1.54, 1.807) is 0 Å². The molecule has 9 heteroatoms. The predicted octanol–water partition coefficient (Wildman–Crippen LogP) is 0.294. The van der Waals surface area contributed by atoms with Crippen molar-refractivity contribution in [3.63, 3.8) is 0 Å². The number of carbonyl (C=O) groups is 1. The molecule has 0 saturated carbocycles. The Bertz CT molecular complexity index is 770. The Labute approximate surface area is 140 Å². The molecule has 1 aromatic heterocycles. The molecular weight excluding hydrogens is 336 g/mol. The molecule has 0 unspecified atom stereocenters. The molecule has 0 aliphatic carbocycles. The molecule has 1 amide bonds. The fourth-order valence-electron chi connectivity index (χ4n) is 2.89. The summed E-state index contributed by atoms with van der Waals surface area (Å²) in [5.74, 6) is -0.357. The van der Waals surface area contributed by atoms with Crippen LogP contribution in [0.1, 0.15) is 24.4 Å². The molecule has 2 heterocycles. The minimum atomic E-state index is -3.38. The summed E-state index contributed by atoms with van der Waals surface area (Å²) >= 11 is 0. The van der Waals surface area contributed by atoms with Crippen molar-refractivity contribution in [1.29, 1.82) is 0 Å². The number of ether oxygens (including phenoxy) is 1. The van der Waals surface area contributed by atoms with Gasteiger partial charge in [-0.05, 0) is 11.8 Å². The molecule has 1 fully saturated rings. The average molecular weight is 358 g/mol. The third kappa shape index (κ3) is 4.15. The maximum atomic E-state index is 12.6. The highest BCUT2D eigenvalue weighted by Crippen LogP contribution is 2.26. The first-order valence-corrected chi connectivity index (χ1v) is 9.45. The van der Waals surface area contributed by atoms with E-state index in [0.29, 0.717) is 6.54 Å². The van der Waals surface area contributed by atoms with Gasteiger partial charge in [-0.2, -0.15) is 0 Å². The van der Waals surface area contributed by atoms with Crippen molar-refractivity contribution in [2.45, 2.75) is 19.9 Å². The van der Waals surface area contributed by atoms with Crippen LogP contribution in [0.3, 0.4) is 0 Å². The molecule has 1 aliphatic heterocycles. The molecule has 0 radical (unpaired) electrons. The Morgan fingerprint density at radius 1 is 1.42 bits per heavy atom. The van der Waals surface area contributed by atoms with Crippen molar-refractivity contribution >= 4 is 15.9 Å². The molecule has 1 saturated heterocycles. The normalized spacial score (nSPS) is 21.3. The quantitative estimate of drug-likeness (QED) is 0.811. The highest BCUT2D eigenvalue weighted by atomic mass is 32.2. The zero-order valence-electron chi connectivity index (χ0n) is 14.1. The lowest BCUT2D eigenvalue weighted by Crippen LogP contribution is -2.41. The zero-order chi connectivity index (χ0) is 18.1. The van der Waals surface area contributed by atoms with Crippen molar-refractivity contribution in [3.05, 3.63) is 28.3 Å². The van der Waals surface area contributed by atoms with E-state index in [-0.39, 0.29) is 35.9 Å². The monoisotopic (exact) mass is 358 g/mol. The van der Waals surface area contributed by atoms with Crippen LogP contribution in [-0.2, 0) is 10.0 Å². The SMILES string of the molecule is COc1coc(C(=O)N2C[C@@H](NS(C)(=O)=O)[C@H](C(C)C)C2)cc1=O. The molecular formula is C15H22N2O6S. The average Bonchev–Trinajstić information content (AvgIpc) is 2.88. The summed E-state index contributed by atoms with van der Waals surface area (Å²) in [5.41, 5.74) is -0.447. The third-order valence-electron chi connectivity index (χ3n) is 4.10. The van der Waals surface area contributed by atoms with Crippen molar-refractivity contribution in [1.82, 2.24) is 9.62 Å². The van der Waals surface area contributed by atoms with Gasteiger partial charge in [0.25, 0.3) is 5.91 Å². The van der Waals surface area contributed by atoms with Crippen LogP contribution in [0.25, 0.3) is 0 Å². The third-order valence-corrected chi connectivity index (χ3v) is 4.83. The summed E-state index contributed by atoms with van der Waals surface area (Å²) in [4.78, 5) is 25.8. The number of amides is 1. The summed E-state index contributed by atoms with van der Waals surface area (Å²) in [6.45, 7) is 4.57. The van der Waals surface area contributed by atoms with Gasteiger partial charge >= 0.3 is 0 Å². The first-order valence-electron chi connectivity index (χ1n) is 7.55. The molecule has 134 valence electrons. The van der Waals surface area contributed by atoms with E-state index in [1.807, 2.05) is 13.8 Å². The van der Waals surface area contributed by atoms with Gasteiger partial charge in [0.1, 0.15) is 6.26 Å². The number of rotatable bonds is 5. The number of carbonyl (C=O) groups excluding carboxylic acids is 1. The van der Waals surface area contributed by atoms with Gasteiger partial charge in [-0.15, -0.1) is 0 Å². The van der Waals surface area contributed by atoms with Gasteiger partial charge in [-0.3, -0.25) is 9.59 Å². The van der Waals surface area contributed by atoms with Crippen LogP contribution in [0.5, 0.6) is 5.75 Å². The van der Waals surface area contributed by atoms with E-state index in [2.05, 4.69) is 4.72 Å². The molecule has 24 heavy (non-hydrogen) atoms. The molecule has 2 rings (SSSR count). The van der Waals surface area contributed by atoms with Crippen LogP contribution >= 0.6 is 0 Å². The number of hydrogen-bond acceptors (Lipinski definition) is 6. The number of nitrogens with zero attached hydrogens (tertiary/aromatic N) is 1. The first-order chi connectivity index (χ1) is 11.1. The van der Waals surface area contributed by atoms with Crippen LogP contribution < -0.4 is 14.9 Å². The summed E-state index contributed by atoms with van der Waals surface area (Å²) in [7, 11) is -2.05. The highest BCUT2D eigenvalue weighted by Gasteiger charge is 2.39. The Morgan fingerprint density at radius 2 is 2.08 bits per heavy atom. The highest BCUT2D eigenvalue weighted by molar-refractivity contribution is 7.88. The molecule has 0 bridgehead atoms. The van der Waals surface area contributed by atoms with E-state index in [0.717, 1.165) is 18.6 Å². The standard InChI is InChI=1S/C15H22N2O6S/c1-9(2)10-6-17(7-11(10)16-24(4,20)21)15(19)13-5-12(18)14(22-3)8-23-13/h5,8-11,16H,6-7H2,1-4H3/t10-,11+/m0/s1. The van der Waals surface area contributed by atoms with Gasteiger partial charge < -0.3 is 14.1 Å². The zero-order valence-corrected chi connectivity index (χ0v) is 14.9. The van der Waals surface area contributed by atoms with E-state index in [9.17, 15) is 18.0 Å².